The maximum atomic E-state index is 14.5. The van der Waals surface area contributed by atoms with E-state index in [1.54, 1.807) is 6.07 Å². The number of phenolic OH excluding ortho intramolecular Hbond substituents is 2. The van der Waals surface area contributed by atoms with Crippen molar-refractivity contribution >= 4 is 47.8 Å². The predicted molar refractivity (Wildman–Crippen MR) is 317 cm³/mol. The molecular formula is C63H78O34. The van der Waals surface area contributed by atoms with Crippen LogP contribution in [0.5, 0.6) is 17.2 Å². The molecule has 5 aliphatic rings. The molecule has 97 heavy (non-hydrogen) atoms. The summed E-state index contributed by atoms with van der Waals surface area (Å²) in [6.07, 6.45) is -43.6. The maximum absolute atomic E-state index is 14.5. The van der Waals surface area contributed by atoms with Crippen LogP contribution in [0.2, 0.25) is 0 Å². The van der Waals surface area contributed by atoms with Crippen LogP contribution in [0.15, 0.2) is 84.9 Å². The van der Waals surface area contributed by atoms with Gasteiger partial charge in [0, 0.05) is 38.3 Å². The highest BCUT2D eigenvalue weighted by Gasteiger charge is 2.64. The molecule has 0 radical (unpaired) electrons. The Morgan fingerprint density at radius 3 is 1.62 bits per heavy atom. The third-order valence-corrected chi connectivity index (χ3v) is 16.2. The van der Waals surface area contributed by atoms with Gasteiger partial charge >= 0.3 is 29.8 Å². The number of benzene rings is 3. The molecule has 5 heterocycles. The average Bonchev–Trinajstić information content (AvgIpc) is 1.67. The summed E-state index contributed by atoms with van der Waals surface area (Å²) in [5.41, 5.74) is 0.410. The van der Waals surface area contributed by atoms with Gasteiger partial charge in [0.15, 0.2) is 48.9 Å². The van der Waals surface area contributed by atoms with Crippen LogP contribution in [0.1, 0.15) is 48.7 Å². The van der Waals surface area contributed by atoms with Crippen molar-refractivity contribution in [2.75, 3.05) is 46.8 Å². The van der Waals surface area contributed by atoms with E-state index in [0.29, 0.717) is 5.56 Å². The Kier molecular flexibility index (Phi) is 26.5. The van der Waals surface area contributed by atoms with E-state index in [1.165, 1.54) is 86.0 Å². The molecule has 5 fully saturated rings. The summed E-state index contributed by atoms with van der Waals surface area (Å²) in [7, 11) is 1.25. The van der Waals surface area contributed by atoms with Crippen molar-refractivity contribution in [2.45, 2.75) is 168 Å². The number of aliphatic hydroxyl groups excluding tert-OH is 11. The van der Waals surface area contributed by atoms with Gasteiger partial charge in [-0.2, -0.15) is 0 Å². The van der Waals surface area contributed by atoms with E-state index in [1.807, 2.05) is 0 Å². The van der Waals surface area contributed by atoms with Gasteiger partial charge in [0.25, 0.3) is 0 Å². The fourth-order valence-electron chi connectivity index (χ4n) is 11.2. The first-order valence-corrected chi connectivity index (χ1v) is 30.3. The van der Waals surface area contributed by atoms with Crippen LogP contribution in [0.4, 0.5) is 0 Å². The van der Waals surface area contributed by atoms with Crippen molar-refractivity contribution < 1.29 is 166 Å². The van der Waals surface area contributed by atoms with Gasteiger partial charge in [-0.05, 0) is 66.6 Å². The number of hydrogen-bond donors (Lipinski definition) is 13. The number of hydrogen-bond acceptors (Lipinski definition) is 34. The highest BCUT2D eigenvalue weighted by molar-refractivity contribution is 5.90. The van der Waals surface area contributed by atoms with E-state index < -0.39 is 228 Å². The zero-order valence-corrected chi connectivity index (χ0v) is 52.4. The topological polar surface area (TPSA) is 504 Å². The first-order chi connectivity index (χ1) is 46.2. The molecule has 0 aromatic heterocycles. The van der Waals surface area contributed by atoms with Crippen molar-refractivity contribution in [3.8, 4) is 17.2 Å². The summed E-state index contributed by atoms with van der Waals surface area (Å²) in [5.74, 6) is -11.3. The molecule has 3 aromatic carbocycles. The van der Waals surface area contributed by atoms with E-state index in [9.17, 15) is 95.2 Å². The molecule has 3 aromatic rings. The molecule has 34 heteroatoms. The van der Waals surface area contributed by atoms with Crippen molar-refractivity contribution in [3.63, 3.8) is 0 Å². The molecule has 24 atom stereocenters. The van der Waals surface area contributed by atoms with Crippen LogP contribution >= 0.6 is 0 Å². The Hall–Kier alpha value is -7.24. The number of rotatable bonds is 27. The number of esters is 5. The summed E-state index contributed by atoms with van der Waals surface area (Å²) < 4.78 is 90.5. The summed E-state index contributed by atoms with van der Waals surface area (Å²) in [5, 5.41) is 143. The van der Waals surface area contributed by atoms with Gasteiger partial charge in [-0.25, -0.2) is 14.4 Å². The molecule has 8 rings (SSSR count). The van der Waals surface area contributed by atoms with Crippen LogP contribution in [0.25, 0.3) is 12.2 Å². The number of aliphatic hydroxyl groups is 11. The lowest BCUT2D eigenvalue weighted by Crippen LogP contribution is -2.69. The zero-order chi connectivity index (χ0) is 70.6. The van der Waals surface area contributed by atoms with Crippen molar-refractivity contribution in [2.24, 2.45) is 5.92 Å². The van der Waals surface area contributed by atoms with E-state index in [2.05, 4.69) is 0 Å². The fourth-order valence-corrected chi connectivity index (χ4v) is 11.2. The molecule has 0 saturated carbocycles. The molecule has 0 aliphatic carbocycles. The molecule has 0 bridgehead atoms. The number of phenols is 2. The summed E-state index contributed by atoms with van der Waals surface area (Å²) in [6.45, 7) is -3.23. The van der Waals surface area contributed by atoms with Crippen molar-refractivity contribution in [3.05, 3.63) is 102 Å². The molecule has 5 aliphatic heterocycles. The number of carbonyl (C=O) groups excluding carboxylic acids is 6. The summed E-state index contributed by atoms with van der Waals surface area (Å²) >= 11 is 0. The van der Waals surface area contributed by atoms with Gasteiger partial charge < -0.3 is 142 Å². The maximum Gasteiger partial charge on any atom is 0.338 e. The normalized spacial score (nSPS) is 35.2. The van der Waals surface area contributed by atoms with Crippen LogP contribution in [-0.4, -0.2) is 290 Å². The molecular weight excluding hydrogens is 1300 g/mol. The largest absolute Gasteiger partial charge is 0.508 e. The van der Waals surface area contributed by atoms with Gasteiger partial charge in [0.2, 0.25) is 5.79 Å². The Morgan fingerprint density at radius 1 is 0.515 bits per heavy atom. The number of methoxy groups -OCH3 is 1. The average molecular weight is 1380 g/mol. The van der Waals surface area contributed by atoms with Gasteiger partial charge in [-0.15, -0.1) is 0 Å². The van der Waals surface area contributed by atoms with Crippen LogP contribution < -0.4 is 4.74 Å². The summed E-state index contributed by atoms with van der Waals surface area (Å²) in [6, 6.07) is 16.4. The highest BCUT2D eigenvalue weighted by Crippen LogP contribution is 2.44. The minimum absolute atomic E-state index is 0.0398. The fraction of sp³-hybridized carbons (Fsp3) is 0.556. The second-order valence-corrected chi connectivity index (χ2v) is 23.1. The highest BCUT2D eigenvalue weighted by atomic mass is 16.8. The Bertz CT molecular complexity index is 3180. The Balaban J connectivity index is 1.33. The molecule has 5 saturated heterocycles. The monoisotopic (exact) mass is 1380 g/mol. The molecule has 534 valence electrons. The lowest BCUT2D eigenvalue weighted by molar-refractivity contribution is -0.422. The second kappa shape index (κ2) is 34.0. The quantitative estimate of drug-likeness (QED) is 0.0198. The lowest BCUT2D eigenvalue weighted by atomic mass is 9.84. The van der Waals surface area contributed by atoms with Crippen LogP contribution in [-0.2, 0) is 90.3 Å². The third-order valence-electron chi connectivity index (χ3n) is 16.2. The van der Waals surface area contributed by atoms with E-state index in [4.69, 9.17) is 71.1 Å². The molecule has 34 nitrogen and oxygen atoms in total. The molecule has 0 unspecified atom stereocenters. The minimum Gasteiger partial charge on any atom is -0.508 e. The third kappa shape index (κ3) is 18.6. The zero-order valence-electron chi connectivity index (χ0n) is 52.4. The van der Waals surface area contributed by atoms with Crippen molar-refractivity contribution in [1.29, 1.82) is 0 Å². The first-order valence-electron chi connectivity index (χ1n) is 30.3. The number of carbonyl (C=O) groups is 6. The van der Waals surface area contributed by atoms with Crippen LogP contribution in [0.3, 0.4) is 0 Å². The van der Waals surface area contributed by atoms with Gasteiger partial charge in [0.1, 0.15) is 123 Å². The SMILES string of the molecule is COc1cc(/C=C/C(=O)O[C@H]2[C@H](O[C@@H]3O[C@H](COC(C)=O)[C@H](CC(C)=O)[C@@H](O[C@@H]4O[C@H](CO)[C@H](O)[C@@H](O)[C@H]4O)[C@H]3O)[C@@H](O[C@@H]3O[C@@H](CO)[C@@H](O)[C@H](O)[C@H]3O)[C@@H](O[C@@]3(COC(=O)/C=C/c4ccc(O)cc4)O[C@H](CO)[C@@H](O)[C@@H]3OC(=O)c3ccccc3)O[C@@H]2COC(C)=O)ccc1O. The smallest absolute Gasteiger partial charge is 0.338 e. The number of aromatic hydroxyl groups is 2. The van der Waals surface area contributed by atoms with Gasteiger partial charge in [-0.1, -0.05) is 36.4 Å². The molecule has 13 N–H and O–H groups in total. The van der Waals surface area contributed by atoms with E-state index in [-0.39, 0.29) is 28.4 Å². The number of ketones is 1. The number of Topliss-reactive ketones (excluding diaryl/α,β-unsaturated/α-hetero) is 1. The van der Waals surface area contributed by atoms with Gasteiger partial charge in [-0.3, -0.25) is 9.59 Å². The predicted octanol–water partition coefficient (Wildman–Crippen LogP) is -3.73. The van der Waals surface area contributed by atoms with E-state index >= 15 is 0 Å². The summed E-state index contributed by atoms with van der Waals surface area (Å²) in [4.78, 5) is 81.2. The molecule has 0 spiro atoms. The number of ether oxygens (including phenoxy) is 15. The first kappa shape index (κ1) is 75.5. The second-order valence-electron chi connectivity index (χ2n) is 23.1. The Labute approximate surface area is 552 Å². The van der Waals surface area contributed by atoms with Gasteiger partial charge in [0.05, 0.1) is 38.6 Å². The standard InChI is InChI=1S/C63H78O34/c1-28(67)20-35-41(25-84-29(2)68)89-61(52(81)53(35)92-59-50(79)48(77)45(74)38(22-64)87-59)93-55-54(91-44(73)19-14-32-12-17-36(71)37(21-32)83-4)42(26-85-30(3)69)90-62(56(55)94-60-51(80)49(78)46(75)39(23-65)88-60)97-63(27-86-43(72)18-13-31-10-15-34(70)16-11-31)57(47(76)40(24-66)96-63)95-58(82)33-8-6-5-7-9-33/h5-19,21,35,38-42,45-57,59-62,64-66,70-71,74-81H,20,22-27H2,1-4H3/b18-13+,19-14+/t35-,38+,39-,40+,41+,42+,45-,46+,47+,48+,49-,50+,51+,52+,53+,54+,55-,56+,57-,59-,60-,61-,62+,63+/m0/s1. The lowest BCUT2D eigenvalue weighted by Gasteiger charge is -2.51. The van der Waals surface area contributed by atoms with Crippen molar-refractivity contribution in [1.82, 2.24) is 0 Å². The van der Waals surface area contributed by atoms with E-state index in [0.717, 1.165) is 32.9 Å². The van der Waals surface area contributed by atoms with Crippen LogP contribution in [0, 0.1) is 5.92 Å². The molecule has 0 amide bonds. The Morgan fingerprint density at radius 2 is 1.04 bits per heavy atom. The minimum atomic E-state index is -3.02.